The lowest BCUT2D eigenvalue weighted by atomic mass is 10.2. The fourth-order valence-electron chi connectivity index (χ4n) is 4.36. The molecule has 0 radical (unpaired) electrons. The van der Waals surface area contributed by atoms with Crippen molar-refractivity contribution in [2.75, 3.05) is 96.1 Å². The summed E-state index contributed by atoms with van der Waals surface area (Å²) >= 11 is 5.65. The van der Waals surface area contributed by atoms with Crippen molar-refractivity contribution in [1.82, 2.24) is 24.8 Å². The Morgan fingerprint density at radius 2 is 1.43 bits per heavy atom. The number of nitrogens with two attached hydrogens (primary N) is 1. The van der Waals surface area contributed by atoms with Gasteiger partial charge in [0.15, 0.2) is 11.2 Å². The number of H-pyrrole nitrogens is 1. The van der Waals surface area contributed by atoms with Crippen LogP contribution < -0.4 is 21.9 Å². The van der Waals surface area contributed by atoms with Crippen LogP contribution in [0.3, 0.4) is 0 Å². The molecule has 0 bridgehead atoms. The number of nitrogen functional groups attached to an aromatic ring is 1. The van der Waals surface area contributed by atoms with Gasteiger partial charge in [0.2, 0.25) is 17.8 Å². The third-order valence-corrected chi connectivity index (χ3v) is 7.01. The van der Waals surface area contributed by atoms with Crippen LogP contribution in [0.15, 0.2) is 29.1 Å². The maximum atomic E-state index is 13.4. The molecule has 5 N–H and O–H groups in total. The predicted octanol–water partition coefficient (Wildman–Crippen LogP) is 2.69. The Labute approximate surface area is 278 Å². The van der Waals surface area contributed by atoms with Crippen molar-refractivity contribution in [2.45, 2.75) is 38.6 Å². The van der Waals surface area contributed by atoms with Crippen molar-refractivity contribution < 1.29 is 32.9 Å². The Kier molecular flexibility index (Phi) is 18.7. The molecular weight excluding hydrogens is 637 g/mol. The van der Waals surface area contributed by atoms with E-state index in [9.17, 15) is 14.0 Å². The Balaban J connectivity index is 1.18. The largest absolute Gasteiger partial charge is 0.379 e. The zero-order chi connectivity index (χ0) is 33.5. The van der Waals surface area contributed by atoms with Gasteiger partial charge in [-0.1, -0.05) is 25.0 Å². The first-order valence-corrected chi connectivity index (χ1v) is 16.5. The molecule has 47 heavy (non-hydrogen) atoms. The number of fused-ring (bicyclic) bond motifs is 1. The quantitative estimate of drug-likeness (QED) is 0.0686. The minimum absolute atomic E-state index is 0.0497. The maximum Gasteiger partial charge on any atom is 0.280 e. The molecule has 262 valence electrons. The molecule has 0 fully saturated rings. The van der Waals surface area contributed by atoms with Gasteiger partial charge in [-0.15, -0.1) is 11.6 Å². The van der Waals surface area contributed by atoms with Crippen LogP contribution in [0.1, 0.15) is 37.7 Å². The van der Waals surface area contributed by atoms with Crippen molar-refractivity contribution in [1.29, 1.82) is 0 Å². The first-order valence-electron chi connectivity index (χ1n) is 15.9. The van der Waals surface area contributed by atoms with Gasteiger partial charge in [-0.05, 0) is 30.5 Å². The first-order chi connectivity index (χ1) is 23.0. The normalized spacial score (nSPS) is 11.4. The van der Waals surface area contributed by atoms with Crippen molar-refractivity contribution in [2.24, 2.45) is 0 Å². The summed E-state index contributed by atoms with van der Waals surface area (Å²) < 4.78 is 42.5. The maximum absolute atomic E-state index is 13.4. The molecule has 2 aromatic heterocycles. The van der Waals surface area contributed by atoms with E-state index in [1.165, 1.54) is 12.1 Å². The molecular formula is C31H47ClFN7O7. The standard InChI is InChI=1S/C31H47ClFN7O7/c32-10-3-1-2-4-13-43-15-17-45-19-21-47-22-20-46-18-16-44-14-12-35-26(41)9-11-36-31-37-27-28(38-30(34)39-29(27)42)40(31)23-24-5-7-25(33)8-6-24/h5-8H,1-4,9-23H2,(H,35,41)(H,36,37)(H3,34,38,39,42). The summed E-state index contributed by atoms with van der Waals surface area (Å²) in [6.45, 7) is 5.85. The third-order valence-electron chi connectivity index (χ3n) is 6.74. The number of hydrogen-bond donors (Lipinski definition) is 4. The highest BCUT2D eigenvalue weighted by atomic mass is 35.5. The van der Waals surface area contributed by atoms with Crippen LogP contribution >= 0.6 is 11.6 Å². The molecule has 3 rings (SSSR count). The van der Waals surface area contributed by atoms with Crippen molar-refractivity contribution in [3.05, 3.63) is 46.0 Å². The smallest absolute Gasteiger partial charge is 0.280 e. The molecule has 0 saturated carbocycles. The molecule has 1 amide bonds. The van der Waals surface area contributed by atoms with Gasteiger partial charge in [-0.25, -0.2) is 9.37 Å². The van der Waals surface area contributed by atoms with Crippen LogP contribution in [-0.2, 0) is 35.0 Å². The highest BCUT2D eigenvalue weighted by Crippen LogP contribution is 2.18. The SMILES string of the molecule is Nc1nc2c(nc(NCCC(=O)NCCOCCOCCOCCOCCOCCCCCCCl)n2Cc2ccc(F)cc2)c(=O)[nH]1. The second-order valence-corrected chi connectivity index (χ2v) is 10.8. The number of ether oxygens (including phenoxy) is 5. The second-order valence-electron chi connectivity index (χ2n) is 10.5. The highest BCUT2D eigenvalue weighted by Gasteiger charge is 2.16. The van der Waals surface area contributed by atoms with Crippen LogP contribution in [0.4, 0.5) is 16.3 Å². The molecule has 0 aliphatic heterocycles. The average molecular weight is 684 g/mol. The lowest BCUT2D eigenvalue weighted by Gasteiger charge is -2.11. The van der Waals surface area contributed by atoms with E-state index in [0.717, 1.165) is 43.7 Å². The van der Waals surface area contributed by atoms with E-state index in [2.05, 4.69) is 25.6 Å². The Morgan fingerprint density at radius 1 is 0.830 bits per heavy atom. The van der Waals surface area contributed by atoms with Crippen LogP contribution in [0.5, 0.6) is 0 Å². The van der Waals surface area contributed by atoms with E-state index < -0.39 is 5.56 Å². The summed E-state index contributed by atoms with van der Waals surface area (Å²) in [7, 11) is 0. The van der Waals surface area contributed by atoms with Crippen LogP contribution in [0, 0.1) is 5.82 Å². The molecule has 0 atom stereocenters. The number of nitrogens with zero attached hydrogens (tertiary/aromatic N) is 3. The number of imidazole rings is 1. The molecule has 0 spiro atoms. The summed E-state index contributed by atoms with van der Waals surface area (Å²) in [6, 6.07) is 5.95. The zero-order valence-electron chi connectivity index (χ0n) is 26.8. The van der Waals surface area contributed by atoms with Gasteiger partial charge >= 0.3 is 0 Å². The van der Waals surface area contributed by atoms with Crippen LogP contribution in [0.25, 0.3) is 11.2 Å². The number of anilines is 2. The third kappa shape index (κ3) is 15.4. The number of carbonyl (C=O) groups is 1. The molecule has 14 nitrogen and oxygen atoms in total. The Hall–Kier alpha value is -3.34. The van der Waals surface area contributed by atoms with Crippen LogP contribution in [-0.4, -0.2) is 110 Å². The van der Waals surface area contributed by atoms with Crippen molar-refractivity contribution in [3.63, 3.8) is 0 Å². The second kappa shape index (κ2) is 23.1. The number of nitrogens with one attached hydrogen (secondary N) is 3. The number of alkyl halides is 1. The van der Waals surface area contributed by atoms with Crippen molar-refractivity contribution >= 4 is 40.6 Å². The van der Waals surface area contributed by atoms with E-state index in [1.807, 2.05) is 0 Å². The average Bonchev–Trinajstić information content (AvgIpc) is 3.39. The van der Waals surface area contributed by atoms with Gasteiger partial charge in [0.05, 0.1) is 66.0 Å². The number of benzene rings is 1. The lowest BCUT2D eigenvalue weighted by molar-refractivity contribution is -0.121. The summed E-state index contributed by atoms with van der Waals surface area (Å²) in [5.74, 6) is 0.475. The van der Waals surface area contributed by atoms with Crippen LogP contribution in [0.2, 0.25) is 0 Å². The Bertz CT molecular complexity index is 1360. The van der Waals surface area contributed by atoms with Gasteiger partial charge in [0.25, 0.3) is 5.56 Å². The minimum Gasteiger partial charge on any atom is -0.379 e. The Morgan fingerprint density at radius 3 is 2.06 bits per heavy atom. The number of unbranched alkanes of at least 4 members (excludes halogenated alkanes) is 3. The molecule has 2 heterocycles. The van der Waals surface area contributed by atoms with E-state index in [-0.39, 0.29) is 48.3 Å². The number of halogens is 2. The van der Waals surface area contributed by atoms with Gasteiger partial charge in [-0.2, -0.15) is 4.98 Å². The molecule has 0 aliphatic rings. The van der Waals surface area contributed by atoms with E-state index in [4.69, 9.17) is 41.0 Å². The minimum atomic E-state index is -0.483. The molecule has 0 saturated heterocycles. The molecule has 16 heteroatoms. The fourth-order valence-corrected chi connectivity index (χ4v) is 4.55. The lowest BCUT2D eigenvalue weighted by Crippen LogP contribution is -2.29. The van der Waals surface area contributed by atoms with E-state index in [1.54, 1.807) is 16.7 Å². The summed E-state index contributed by atoms with van der Waals surface area (Å²) in [5, 5.41) is 5.88. The fraction of sp³-hybridized carbons (Fsp3) is 0.613. The van der Waals surface area contributed by atoms with E-state index in [0.29, 0.717) is 72.0 Å². The zero-order valence-corrected chi connectivity index (χ0v) is 27.5. The van der Waals surface area contributed by atoms with E-state index >= 15 is 0 Å². The monoisotopic (exact) mass is 683 g/mol. The summed E-state index contributed by atoms with van der Waals surface area (Å²) in [5.41, 5.74) is 6.40. The summed E-state index contributed by atoms with van der Waals surface area (Å²) in [6.07, 6.45) is 4.57. The molecule has 3 aromatic rings. The van der Waals surface area contributed by atoms with Gasteiger partial charge in [0, 0.05) is 32.0 Å². The van der Waals surface area contributed by atoms with Gasteiger partial charge in [-0.3, -0.25) is 19.1 Å². The number of hydrogen-bond acceptors (Lipinski definition) is 11. The number of carbonyl (C=O) groups excluding carboxylic acids is 1. The number of aromatic nitrogens is 4. The highest BCUT2D eigenvalue weighted by molar-refractivity contribution is 6.17. The van der Waals surface area contributed by atoms with Crippen molar-refractivity contribution in [3.8, 4) is 0 Å². The molecule has 0 aliphatic carbocycles. The number of aromatic amines is 1. The van der Waals surface area contributed by atoms with Gasteiger partial charge in [0.1, 0.15) is 5.82 Å². The number of amides is 1. The predicted molar refractivity (Wildman–Crippen MR) is 177 cm³/mol. The molecule has 1 aromatic carbocycles. The van der Waals surface area contributed by atoms with Gasteiger partial charge < -0.3 is 40.1 Å². The number of rotatable bonds is 27. The summed E-state index contributed by atoms with van der Waals surface area (Å²) in [4.78, 5) is 35.7. The molecule has 0 unspecified atom stereocenters. The topological polar surface area (TPSA) is 177 Å². The first kappa shape index (κ1) is 38.1.